The first kappa shape index (κ1) is 20.9. The Morgan fingerprint density at radius 2 is 1.84 bits per heavy atom. The third-order valence-corrected chi connectivity index (χ3v) is 7.16. The van der Waals surface area contributed by atoms with Crippen LogP contribution in [0.3, 0.4) is 0 Å². The lowest BCUT2D eigenvalue weighted by molar-refractivity contribution is -0.115. The van der Waals surface area contributed by atoms with Gasteiger partial charge < -0.3 is 9.88 Å². The van der Waals surface area contributed by atoms with Crippen LogP contribution in [0.25, 0.3) is 11.3 Å². The molecule has 0 unspecified atom stereocenters. The molecule has 2 aromatic carbocycles. The van der Waals surface area contributed by atoms with E-state index >= 15 is 0 Å². The van der Waals surface area contributed by atoms with Crippen LogP contribution in [0.2, 0.25) is 0 Å². The highest BCUT2D eigenvalue weighted by Gasteiger charge is 2.31. The zero-order valence-electron chi connectivity index (χ0n) is 17.6. The summed E-state index contributed by atoms with van der Waals surface area (Å²) in [6.45, 7) is 2.60. The third-order valence-electron chi connectivity index (χ3n) is 5.33. The van der Waals surface area contributed by atoms with E-state index in [4.69, 9.17) is 0 Å². The molecule has 1 aliphatic carbocycles. The topological polar surface area (TPSA) is 72.7 Å². The molecule has 1 fully saturated rings. The van der Waals surface area contributed by atoms with Gasteiger partial charge in [0.05, 0.1) is 17.5 Å². The van der Waals surface area contributed by atoms with Crippen LogP contribution in [0.4, 0.5) is 5.13 Å². The van der Waals surface area contributed by atoms with E-state index < -0.39 is 0 Å². The summed E-state index contributed by atoms with van der Waals surface area (Å²) in [6.07, 6.45) is 2.31. The van der Waals surface area contributed by atoms with Crippen LogP contribution in [0.1, 0.15) is 37.1 Å². The van der Waals surface area contributed by atoms with E-state index in [-0.39, 0.29) is 11.2 Å². The second-order valence-corrected chi connectivity index (χ2v) is 10.0. The van der Waals surface area contributed by atoms with Crippen LogP contribution in [0.15, 0.2) is 71.2 Å². The number of hydrogen-bond acceptors (Lipinski definition) is 6. The maximum atomic E-state index is 12.9. The molecule has 8 heteroatoms. The van der Waals surface area contributed by atoms with Gasteiger partial charge in [0.25, 0.3) is 0 Å². The van der Waals surface area contributed by atoms with Gasteiger partial charge in [-0.3, -0.25) is 4.79 Å². The molecule has 1 atom stereocenters. The summed E-state index contributed by atoms with van der Waals surface area (Å²) in [7, 11) is 0. The lowest BCUT2D eigenvalue weighted by atomic mass is 10.2. The fraction of sp³-hybridized carbons (Fsp3) is 0.250. The molecule has 1 aliphatic rings. The van der Waals surface area contributed by atoms with Crippen molar-refractivity contribution in [3.8, 4) is 11.3 Å². The average Bonchev–Trinajstić information content (AvgIpc) is 3.44. The molecule has 32 heavy (non-hydrogen) atoms. The standard InChI is InChI=1S/C24H23N5OS2/c1-16(22(30)26-23-25-20(15-31-23)18-10-6-3-7-11-18)32-24-28-27-21(19-12-13-19)29(24)14-17-8-4-2-5-9-17/h2-11,15-16,19H,12-14H2,1H3,(H,25,26,30)/t16-/m0/s1. The molecule has 0 saturated heterocycles. The number of amides is 1. The van der Waals surface area contributed by atoms with Gasteiger partial charge in [0.2, 0.25) is 5.91 Å². The lowest BCUT2D eigenvalue weighted by Crippen LogP contribution is -2.23. The van der Waals surface area contributed by atoms with Crippen molar-refractivity contribution >= 4 is 34.1 Å². The summed E-state index contributed by atoms with van der Waals surface area (Å²) in [5.41, 5.74) is 3.10. The predicted molar refractivity (Wildman–Crippen MR) is 129 cm³/mol. The van der Waals surface area contributed by atoms with E-state index in [0.29, 0.717) is 17.6 Å². The van der Waals surface area contributed by atoms with Crippen molar-refractivity contribution in [1.82, 2.24) is 19.7 Å². The molecule has 2 aromatic heterocycles. The quantitative estimate of drug-likeness (QED) is 0.353. The molecule has 4 aromatic rings. The van der Waals surface area contributed by atoms with Gasteiger partial charge in [-0.2, -0.15) is 0 Å². The largest absolute Gasteiger partial charge is 0.301 e. The molecule has 1 amide bonds. The van der Waals surface area contributed by atoms with Crippen LogP contribution in [0.5, 0.6) is 0 Å². The Kier molecular flexibility index (Phi) is 6.05. The molecule has 6 nitrogen and oxygen atoms in total. The van der Waals surface area contributed by atoms with Crippen molar-refractivity contribution in [1.29, 1.82) is 0 Å². The van der Waals surface area contributed by atoms with E-state index in [1.807, 2.05) is 60.8 Å². The smallest absolute Gasteiger partial charge is 0.239 e. The number of benzene rings is 2. The molecule has 0 radical (unpaired) electrons. The first-order valence-corrected chi connectivity index (χ1v) is 12.4. The number of hydrogen-bond donors (Lipinski definition) is 1. The van der Waals surface area contributed by atoms with E-state index in [9.17, 15) is 4.79 Å². The van der Waals surface area contributed by atoms with Gasteiger partial charge in [-0.05, 0) is 25.3 Å². The van der Waals surface area contributed by atoms with Gasteiger partial charge in [0, 0.05) is 16.9 Å². The lowest BCUT2D eigenvalue weighted by Gasteiger charge is -2.13. The molecular formula is C24H23N5OS2. The van der Waals surface area contributed by atoms with Crippen LogP contribution in [0, 0.1) is 0 Å². The van der Waals surface area contributed by atoms with E-state index in [0.717, 1.165) is 35.1 Å². The van der Waals surface area contributed by atoms with Gasteiger partial charge in [-0.15, -0.1) is 21.5 Å². The first-order valence-electron chi connectivity index (χ1n) is 10.6. The monoisotopic (exact) mass is 461 g/mol. The van der Waals surface area contributed by atoms with Gasteiger partial charge in [0.1, 0.15) is 5.82 Å². The Bertz CT molecular complexity index is 1200. The van der Waals surface area contributed by atoms with Crippen molar-refractivity contribution < 1.29 is 4.79 Å². The predicted octanol–water partition coefficient (Wildman–Crippen LogP) is 5.45. The molecule has 1 N–H and O–H groups in total. The number of rotatable bonds is 8. The molecule has 0 bridgehead atoms. The Morgan fingerprint density at radius 3 is 2.56 bits per heavy atom. The van der Waals surface area contributed by atoms with Crippen LogP contribution >= 0.6 is 23.1 Å². The summed E-state index contributed by atoms with van der Waals surface area (Å²) in [4.78, 5) is 17.4. The molecule has 0 spiro atoms. The summed E-state index contributed by atoms with van der Waals surface area (Å²) < 4.78 is 2.17. The number of aromatic nitrogens is 4. The minimum Gasteiger partial charge on any atom is -0.301 e. The number of nitrogens with zero attached hydrogens (tertiary/aromatic N) is 4. The van der Waals surface area contributed by atoms with Crippen molar-refractivity contribution in [2.45, 2.75) is 42.6 Å². The van der Waals surface area contributed by atoms with E-state index in [1.165, 1.54) is 28.7 Å². The minimum atomic E-state index is -0.329. The highest BCUT2D eigenvalue weighted by molar-refractivity contribution is 8.00. The Labute approximate surface area is 195 Å². The highest BCUT2D eigenvalue weighted by atomic mass is 32.2. The van der Waals surface area contributed by atoms with Crippen LogP contribution < -0.4 is 5.32 Å². The average molecular weight is 462 g/mol. The fourth-order valence-corrected chi connectivity index (χ4v) is 5.01. The Hall–Kier alpha value is -2.97. The second-order valence-electron chi connectivity index (χ2n) is 7.84. The molecule has 0 aliphatic heterocycles. The van der Waals surface area contributed by atoms with Crippen molar-refractivity contribution in [2.75, 3.05) is 5.32 Å². The van der Waals surface area contributed by atoms with Gasteiger partial charge in [0.15, 0.2) is 10.3 Å². The summed E-state index contributed by atoms with van der Waals surface area (Å²) in [5.74, 6) is 1.42. The fourth-order valence-electron chi connectivity index (χ4n) is 3.44. The number of carbonyl (C=O) groups excluding carboxylic acids is 1. The summed E-state index contributed by atoms with van der Waals surface area (Å²) in [6, 6.07) is 20.3. The Morgan fingerprint density at radius 1 is 1.12 bits per heavy atom. The van der Waals surface area contributed by atoms with Crippen molar-refractivity contribution in [2.24, 2.45) is 0 Å². The van der Waals surface area contributed by atoms with Crippen molar-refractivity contribution in [3.63, 3.8) is 0 Å². The second kappa shape index (κ2) is 9.26. The summed E-state index contributed by atoms with van der Waals surface area (Å²) >= 11 is 2.87. The van der Waals surface area contributed by atoms with Gasteiger partial charge in [-0.1, -0.05) is 72.4 Å². The number of nitrogens with one attached hydrogen (secondary N) is 1. The van der Waals surface area contributed by atoms with E-state index in [2.05, 4.69) is 37.2 Å². The van der Waals surface area contributed by atoms with Crippen molar-refractivity contribution in [3.05, 3.63) is 77.4 Å². The number of thioether (sulfide) groups is 1. The molecular weight excluding hydrogens is 438 g/mol. The maximum Gasteiger partial charge on any atom is 0.239 e. The number of thiazole rings is 1. The first-order chi connectivity index (χ1) is 15.7. The molecule has 2 heterocycles. The minimum absolute atomic E-state index is 0.0915. The maximum absolute atomic E-state index is 12.9. The molecule has 1 saturated carbocycles. The summed E-state index contributed by atoms with van der Waals surface area (Å²) in [5, 5.41) is 14.9. The highest BCUT2D eigenvalue weighted by Crippen LogP contribution is 2.40. The normalized spacial score (nSPS) is 14.3. The van der Waals surface area contributed by atoms with Crippen LogP contribution in [-0.4, -0.2) is 30.9 Å². The zero-order valence-corrected chi connectivity index (χ0v) is 19.3. The third kappa shape index (κ3) is 4.76. The zero-order chi connectivity index (χ0) is 21.9. The van der Waals surface area contributed by atoms with Gasteiger partial charge >= 0.3 is 0 Å². The molecule has 162 valence electrons. The molecule has 5 rings (SSSR count). The number of anilines is 1. The van der Waals surface area contributed by atoms with Gasteiger partial charge in [-0.25, -0.2) is 4.98 Å². The number of carbonyl (C=O) groups is 1. The SMILES string of the molecule is C[C@H](Sc1nnc(C2CC2)n1Cc1ccccc1)C(=O)Nc1nc(-c2ccccc2)cs1. The Balaban J connectivity index is 1.28. The van der Waals surface area contributed by atoms with E-state index in [1.54, 1.807) is 0 Å². The van der Waals surface area contributed by atoms with Crippen LogP contribution in [-0.2, 0) is 11.3 Å².